The summed E-state index contributed by atoms with van der Waals surface area (Å²) in [5.74, 6) is 0. The first kappa shape index (κ1) is 24.8. The summed E-state index contributed by atoms with van der Waals surface area (Å²) in [6, 6.07) is -38.6. The molecule has 0 N–H and O–H groups in total. The van der Waals surface area contributed by atoms with E-state index in [9.17, 15) is 74.6 Å². The molecule has 0 radical (unpaired) electrons. The lowest BCUT2D eigenvalue weighted by molar-refractivity contribution is -0.580. The highest BCUT2D eigenvalue weighted by atomic mass is 19.4. The Morgan fingerprint density at radius 3 is 0.964 bits per heavy atom. The first-order valence-electron chi connectivity index (χ1n) is 6.05. The van der Waals surface area contributed by atoms with Crippen molar-refractivity contribution < 1.29 is 74.6 Å². The van der Waals surface area contributed by atoms with Gasteiger partial charge in [-0.2, -0.15) is 70.2 Å². The SMILES string of the molecule is CC(F)(C(F)(F)F)C(F)(F)N1C(F)(F)C(F)(F)N(C(F)(F)F)C(F)(F)C1(F)F. The van der Waals surface area contributed by atoms with Gasteiger partial charge in [-0.1, -0.05) is 4.90 Å². The van der Waals surface area contributed by atoms with Crippen molar-refractivity contribution in [1.29, 1.82) is 0 Å². The van der Waals surface area contributed by atoms with Gasteiger partial charge in [0.05, 0.1) is 0 Å². The Bertz CT molecular complexity index is 585. The molecule has 1 aliphatic rings. The van der Waals surface area contributed by atoms with Crippen molar-refractivity contribution in [2.75, 3.05) is 0 Å². The normalized spacial score (nSPS) is 28.1. The average Bonchev–Trinajstić information content (AvgIpc) is 2.31. The van der Waals surface area contributed by atoms with E-state index in [1.807, 2.05) is 0 Å². The molecule has 168 valence electrons. The fourth-order valence-corrected chi connectivity index (χ4v) is 1.94. The highest BCUT2D eigenvalue weighted by Crippen LogP contribution is 2.64. The summed E-state index contributed by atoms with van der Waals surface area (Å²) < 4.78 is 222. The molecule has 2 nitrogen and oxygen atoms in total. The summed E-state index contributed by atoms with van der Waals surface area (Å²) in [4.78, 5) is -8.31. The van der Waals surface area contributed by atoms with Gasteiger partial charge >= 0.3 is 42.7 Å². The Hall–Kier alpha value is -1.27. The van der Waals surface area contributed by atoms with Gasteiger partial charge in [0.2, 0.25) is 0 Å². The van der Waals surface area contributed by atoms with Crippen LogP contribution in [0.4, 0.5) is 74.6 Å². The molecule has 0 amide bonds. The minimum atomic E-state index is -7.80. The smallest absolute Gasteiger partial charge is 0.226 e. The molecule has 0 aromatic heterocycles. The van der Waals surface area contributed by atoms with E-state index in [0.29, 0.717) is 0 Å². The molecule has 0 saturated carbocycles. The van der Waals surface area contributed by atoms with Crippen LogP contribution in [-0.4, -0.2) is 58.2 Å². The highest BCUT2D eigenvalue weighted by Gasteiger charge is 2.94. The van der Waals surface area contributed by atoms with Crippen LogP contribution in [0, 0.1) is 0 Å². The first-order chi connectivity index (χ1) is 11.7. The molecule has 1 unspecified atom stereocenters. The Kier molecular flexibility index (Phi) is 5.01. The number of piperazine rings is 1. The van der Waals surface area contributed by atoms with Crippen LogP contribution in [0.1, 0.15) is 6.92 Å². The van der Waals surface area contributed by atoms with E-state index in [-0.39, 0.29) is 0 Å². The third-order valence-electron chi connectivity index (χ3n) is 3.48. The monoisotopic (exact) mass is 462 g/mol. The quantitative estimate of drug-likeness (QED) is 0.402. The van der Waals surface area contributed by atoms with E-state index in [1.165, 1.54) is 0 Å². The van der Waals surface area contributed by atoms with Crippen molar-refractivity contribution in [3.8, 4) is 0 Å². The molecule has 0 aliphatic carbocycles. The fourth-order valence-electron chi connectivity index (χ4n) is 1.94. The lowest BCUT2D eigenvalue weighted by atomic mass is 10.0. The summed E-state index contributed by atoms with van der Waals surface area (Å²) in [6.07, 6.45) is -14.5. The van der Waals surface area contributed by atoms with Gasteiger partial charge in [0.15, 0.2) is 0 Å². The molecule has 0 bridgehead atoms. The van der Waals surface area contributed by atoms with Gasteiger partial charge < -0.3 is 0 Å². The van der Waals surface area contributed by atoms with Crippen molar-refractivity contribution in [2.24, 2.45) is 0 Å². The van der Waals surface area contributed by atoms with Crippen LogP contribution in [0.5, 0.6) is 0 Å². The zero-order chi connectivity index (χ0) is 23.2. The predicted octanol–water partition coefficient (Wildman–Crippen LogP) is 5.38. The van der Waals surface area contributed by atoms with Crippen LogP contribution in [0.2, 0.25) is 0 Å². The van der Waals surface area contributed by atoms with E-state index < -0.39 is 65.1 Å². The molecule has 0 aromatic carbocycles. The summed E-state index contributed by atoms with van der Waals surface area (Å²) in [7, 11) is 0. The van der Waals surface area contributed by atoms with Gasteiger partial charge in [0.25, 0.3) is 5.67 Å². The number of halogens is 17. The standard InChI is InChI=1S/C9H3F17N2/c1-2(10,3(11,12)13)4(14,15)27-5(16,17)7(20,21)28(9(24,25)26)8(22,23)6(27,18)19/h1H3. The van der Waals surface area contributed by atoms with Gasteiger partial charge in [-0.3, -0.25) is 0 Å². The van der Waals surface area contributed by atoms with Crippen LogP contribution in [0.15, 0.2) is 0 Å². The molecular weight excluding hydrogens is 459 g/mol. The second kappa shape index (κ2) is 5.66. The number of hydrogen-bond donors (Lipinski definition) is 0. The van der Waals surface area contributed by atoms with Gasteiger partial charge in [-0.15, -0.1) is 4.90 Å². The van der Waals surface area contributed by atoms with Gasteiger partial charge in [-0.05, 0) is 6.92 Å². The average molecular weight is 462 g/mol. The number of alkyl halides is 17. The largest absolute Gasteiger partial charge is 0.469 e. The summed E-state index contributed by atoms with van der Waals surface area (Å²) >= 11 is 0. The minimum Gasteiger partial charge on any atom is -0.226 e. The molecule has 1 atom stereocenters. The van der Waals surface area contributed by atoms with Gasteiger partial charge in [0, 0.05) is 0 Å². The van der Waals surface area contributed by atoms with Crippen molar-refractivity contribution in [1.82, 2.24) is 9.80 Å². The van der Waals surface area contributed by atoms with Crippen LogP contribution < -0.4 is 0 Å². The van der Waals surface area contributed by atoms with E-state index in [1.54, 1.807) is 0 Å². The zero-order valence-corrected chi connectivity index (χ0v) is 12.3. The molecule has 1 saturated heterocycles. The van der Waals surface area contributed by atoms with Gasteiger partial charge in [0.1, 0.15) is 0 Å². The molecule has 0 aromatic rings. The Balaban J connectivity index is 3.94. The molecule has 1 rings (SSSR count). The fraction of sp³-hybridized carbons (Fsp3) is 1.00. The van der Waals surface area contributed by atoms with Crippen molar-refractivity contribution in [3.63, 3.8) is 0 Å². The Morgan fingerprint density at radius 2 is 0.750 bits per heavy atom. The summed E-state index contributed by atoms with van der Waals surface area (Å²) in [5, 5.41) is 0. The first-order valence-corrected chi connectivity index (χ1v) is 6.05. The molecule has 19 heteroatoms. The van der Waals surface area contributed by atoms with Crippen LogP contribution >= 0.6 is 0 Å². The number of rotatable bonds is 2. The third kappa shape index (κ3) is 2.78. The Labute approximate surface area is 141 Å². The molecule has 1 fully saturated rings. The van der Waals surface area contributed by atoms with Crippen LogP contribution in [-0.2, 0) is 0 Å². The second-order valence-electron chi connectivity index (χ2n) is 5.35. The highest BCUT2D eigenvalue weighted by molar-refractivity contribution is 5.10. The summed E-state index contributed by atoms with van der Waals surface area (Å²) in [5.41, 5.74) is -6.63. The topological polar surface area (TPSA) is 6.48 Å². The van der Waals surface area contributed by atoms with Gasteiger partial charge in [-0.25, -0.2) is 4.39 Å². The molecule has 1 aliphatic heterocycles. The minimum absolute atomic E-state index is 1.45. The Morgan fingerprint density at radius 1 is 0.500 bits per heavy atom. The van der Waals surface area contributed by atoms with E-state index in [0.717, 1.165) is 0 Å². The molecule has 0 spiro atoms. The van der Waals surface area contributed by atoms with Crippen molar-refractivity contribution in [2.45, 2.75) is 55.3 Å². The van der Waals surface area contributed by atoms with Crippen molar-refractivity contribution in [3.05, 3.63) is 0 Å². The lowest BCUT2D eigenvalue weighted by Crippen LogP contribution is -2.87. The van der Waals surface area contributed by atoms with Crippen molar-refractivity contribution >= 4 is 0 Å². The molecule has 28 heavy (non-hydrogen) atoms. The second-order valence-corrected chi connectivity index (χ2v) is 5.35. The zero-order valence-electron chi connectivity index (χ0n) is 12.3. The van der Waals surface area contributed by atoms with Crippen LogP contribution in [0.3, 0.4) is 0 Å². The number of hydrogen-bond acceptors (Lipinski definition) is 2. The van der Waals surface area contributed by atoms with E-state index in [2.05, 4.69) is 0 Å². The van der Waals surface area contributed by atoms with E-state index >= 15 is 0 Å². The molecular formula is C9H3F17N2. The maximum absolute atomic E-state index is 13.6. The number of nitrogens with zero attached hydrogens (tertiary/aromatic N) is 2. The maximum Gasteiger partial charge on any atom is 0.469 e. The predicted molar refractivity (Wildman–Crippen MR) is 50.0 cm³/mol. The maximum atomic E-state index is 13.6. The molecule has 1 heterocycles. The van der Waals surface area contributed by atoms with E-state index in [4.69, 9.17) is 0 Å². The third-order valence-corrected chi connectivity index (χ3v) is 3.48. The lowest BCUT2D eigenvalue weighted by Gasteiger charge is -2.55. The van der Waals surface area contributed by atoms with Crippen LogP contribution in [0.25, 0.3) is 0 Å². The summed E-state index contributed by atoms with van der Waals surface area (Å²) in [6.45, 7) is -1.45.